The molecule has 8 heteroatoms. The fraction of sp³-hybridized carbons (Fsp3) is 0.176. The highest BCUT2D eigenvalue weighted by atomic mass is 19.4. The fourth-order valence-electron chi connectivity index (χ4n) is 2.20. The minimum atomic E-state index is -4.71. The van der Waals surface area contributed by atoms with Crippen LogP contribution in [0.25, 0.3) is 22.8 Å². The van der Waals surface area contributed by atoms with Gasteiger partial charge in [0.2, 0.25) is 5.82 Å². The molecule has 0 amide bonds. The molecule has 0 aliphatic rings. The third-order valence-corrected chi connectivity index (χ3v) is 3.56. The van der Waals surface area contributed by atoms with Crippen molar-refractivity contribution in [1.82, 2.24) is 10.1 Å². The van der Waals surface area contributed by atoms with E-state index in [1.54, 1.807) is 31.4 Å². The Morgan fingerprint density at radius 2 is 1.60 bits per heavy atom. The van der Waals surface area contributed by atoms with Crippen molar-refractivity contribution in [3.8, 4) is 28.6 Å². The van der Waals surface area contributed by atoms with Crippen molar-refractivity contribution in [3.63, 3.8) is 0 Å². The molecule has 25 heavy (non-hydrogen) atoms. The van der Waals surface area contributed by atoms with Crippen molar-refractivity contribution < 1.29 is 27.5 Å². The van der Waals surface area contributed by atoms with E-state index in [1.807, 2.05) is 0 Å². The Kier molecular flexibility index (Phi) is 4.45. The molecule has 0 spiro atoms. The van der Waals surface area contributed by atoms with Gasteiger partial charge in [-0.1, -0.05) is 29.4 Å². The Morgan fingerprint density at radius 1 is 1.00 bits per heavy atom. The lowest BCUT2D eigenvalue weighted by molar-refractivity contribution is -0.206. The van der Waals surface area contributed by atoms with Crippen LogP contribution in [0.1, 0.15) is 11.7 Å². The van der Waals surface area contributed by atoms with Gasteiger partial charge in [-0.3, -0.25) is 0 Å². The molecule has 0 saturated carbocycles. The van der Waals surface area contributed by atoms with Gasteiger partial charge < -0.3 is 14.4 Å². The molecule has 0 bridgehead atoms. The van der Waals surface area contributed by atoms with Gasteiger partial charge in [-0.25, -0.2) is 0 Å². The average molecular weight is 350 g/mol. The van der Waals surface area contributed by atoms with Gasteiger partial charge in [0.15, 0.2) is 6.10 Å². The largest absolute Gasteiger partial charge is 0.497 e. The van der Waals surface area contributed by atoms with Crippen molar-refractivity contribution in [2.24, 2.45) is 0 Å². The van der Waals surface area contributed by atoms with E-state index in [2.05, 4.69) is 10.1 Å². The molecule has 1 heterocycles. The van der Waals surface area contributed by atoms with E-state index in [-0.39, 0.29) is 17.3 Å². The molecule has 0 aliphatic carbocycles. The van der Waals surface area contributed by atoms with Gasteiger partial charge in [0.05, 0.1) is 7.11 Å². The van der Waals surface area contributed by atoms with Crippen molar-refractivity contribution >= 4 is 0 Å². The number of hydrogen-bond acceptors (Lipinski definition) is 5. The number of alkyl halides is 3. The van der Waals surface area contributed by atoms with E-state index in [1.165, 1.54) is 24.3 Å². The number of hydrogen-bond donors (Lipinski definition) is 1. The van der Waals surface area contributed by atoms with Crippen LogP contribution in [0.3, 0.4) is 0 Å². The fourth-order valence-corrected chi connectivity index (χ4v) is 2.20. The van der Waals surface area contributed by atoms with E-state index >= 15 is 0 Å². The van der Waals surface area contributed by atoms with Gasteiger partial charge in [0.25, 0.3) is 5.89 Å². The summed E-state index contributed by atoms with van der Waals surface area (Å²) in [6.45, 7) is 0. The van der Waals surface area contributed by atoms with Crippen LogP contribution in [0.15, 0.2) is 53.1 Å². The van der Waals surface area contributed by atoms with Crippen LogP contribution in [0.4, 0.5) is 13.2 Å². The lowest BCUT2D eigenvalue weighted by Crippen LogP contribution is -2.19. The smallest absolute Gasteiger partial charge is 0.418 e. The highest BCUT2D eigenvalue weighted by molar-refractivity contribution is 5.60. The first-order valence-electron chi connectivity index (χ1n) is 7.22. The first kappa shape index (κ1) is 17.0. The third-order valence-electron chi connectivity index (χ3n) is 3.56. The topological polar surface area (TPSA) is 68.4 Å². The average Bonchev–Trinajstić information content (AvgIpc) is 3.10. The molecule has 3 rings (SSSR count). The summed E-state index contributed by atoms with van der Waals surface area (Å²) in [6, 6.07) is 12.1. The molecular formula is C17H13F3N2O3. The van der Waals surface area contributed by atoms with Crippen LogP contribution in [0, 0.1) is 0 Å². The molecule has 0 aliphatic heterocycles. The molecule has 5 nitrogen and oxygen atoms in total. The van der Waals surface area contributed by atoms with Crippen LogP contribution < -0.4 is 4.74 Å². The Hall–Kier alpha value is -2.87. The first-order chi connectivity index (χ1) is 11.9. The molecular weight excluding hydrogens is 337 g/mol. The van der Waals surface area contributed by atoms with Crippen LogP contribution in [0.2, 0.25) is 0 Å². The summed E-state index contributed by atoms with van der Waals surface area (Å²) in [5.41, 5.74) is 0.903. The minimum absolute atomic E-state index is 0.235. The van der Waals surface area contributed by atoms with Crippen LogP contribution in [-0.2, 0) is 0 Å². The van der Waals surface area contributed by atoms with Gasteiger partial charge in [-0.15, -0.1) is 0 Å². The molecule has 1 N–H and O–H groups in total. The summed E-state index contributed by atoms with van der Waals surface area (Å²) in [5.74, 6) is 1.19. The Bertz CT molecular complexity index is 843. The number of nitrogens with zero attached hydrogens (tertiary/aromatic N) is 2. The van der Waals surface area contributed by atoms with Crippen LogP contribution in [0.5, 0.6) is 5.75 Å². The molecule has 1 atom stereocenters. The Labute approximate surface area is 140 Å². The van der Waals surface area contributed by atoms with Crippen molar-refractivity contribution in [2.45, 2.75) is 12.3 Å². The molecule has 0 radical (unpaired) electrons. The molecule has 2 aromatic carbocycles. The second kappa shape index (κ2) is 6.56. The number of benzene rings is 2. The van der Waals surface area contributed by atoms with Crippen molar-refractivity contribution in [2.75, 3.05) is 7.11 Å². The zero-order chi connectivity index (χ0) is 18.0. The number of ether oxygens (including phenoxy) is 1. The van der Waals surface area contributed by atoms with E-state index in [0.29, 0.717) is 16.9 Å². The lowest BCUT2D eigenvalue weighted by atomic mass is 10.1. The Balaban J connectivity index is 1.82. The van der Waals surface area contributed by atoms with Crippen molar-refractivity contribution in [1.29, 1.82) is 0 Å². The van der Waals surface area contributed by atoms with Gasteiger partial charge in [0.1, 0.15) is 5.75 Å². The number of methoxy groups -OCH3 is 1. The monoisotopic (exact) mass is 350 g/mol. The number of rotatable bonds is 4. The molecule has 130 valence electrons. The van der Waals surface area contributed by atoms with E-state index in [4.69, 9.17) is 9.26 Å². The van der Waals surface area contributed by atoms with Gasteiger partial charge in [0, 0.05) is 11.1 Å². The summed E-state index contributed by atoms with van der Waals surface area (Å²) >= 11 is 0. The maximum Gasteiger partial charge on any atom is 0.418 e. The summed E-state index contributed by atoms with van der Waals surface area (Å²) in [6.07, 6.45) is -7.24. The second-order valence-electron chi connectivity index (χ2n) is 5.22. The highest BCUT2D eigenvalue weighted by Crippen LogP contribution is 2.33. The normalized spacial score (nSPS) is 12.8. The molecule has 0 saturated heterocycles. The third kappa shape index (κ3) is 3.63. The summed E-state index contributed by atoms with van der Waals surface area (Å²) in [5, 5.41) is 13.1. The first-order valence-corrected chi connectivity index (χ1v) is 7.22. The van der Waals surface area contributed by atoms with Crippen molar-refractivity contribution in [3.05, 3.63) is 54.1 Å². The number of aliphatic hydroxyl groups is 1. The quantitative estimate of drug-likeness (QED) is 0.770. The standard InChI is InChI=1S/C17H13F3N2O3/c1-24-13-8-6-12(7-9-13)16-21-15(22-25-16)11-4-2-10(3-5-11)14(23)17(18,19)20/h2-9,14,23H,1H3. The molecule has 0 fully saturated rings. The molecule has 1 unspecified atom stereocenters. The number of aromatic nitrogens is 2. The van der Waals surface area contributed by atoms with Crippen LogP contribution in [-0.4, -0.2) is 28.5 Å². The molecule has 1 aromatic heterocycles. The second-order valence-corrected chi connectivity index (χ2v) is 5.22. The summed E-state index contributed by atoms with van der Waals surface area (Å²) < 4.78 is 47.8. The van der Waals surface area contributed by atoms with Crippen LogP contribution >= 0.6 is 0 Å². The summed E-state index contributed by atoms with van der Waals surface area (Å²) in [4.78, 5) is 4.23. The maximum atomic E-state index is 12.5. The Morgan fingerprint density at radius 3 is 2.16 bits per heavy atom. The zero-order valence-electron chi connectivity index (χ0n) is 13.0. The predicted molar refractivity (Wildman–Crippen MR) is 82.7 cm³/mol. The van der Waals surface area contributed by atoms with E-state index < -0.39 is 12.3 Å². The minimum Gasteiger partial charge on any atom is -0.497 e. The van der Waals surface area contributed by atoms with Gasteiger partial charge in [-0.2, -0.15) is 18.2 Å². The number of aliphatic hydroxyl groups excluding tert-OH is 1. The SMILES string of the molecule is COc1ccc(-c2nc(-c3ccc(C(O)C(F)(F)F)cc3)no2)cc1. The van der Waals surface area contributed by atoms with Gasteiger partial charge >= 0.3 is 6.18 Å². The highest BCUT2D eigenvalue weighted by Gasteiger charge is 2.39. The zero-order valence-corrected chi connectivity index (χ0v) is 13.0. The molecule has 3 aromatic rings. The lowest BCUT2D eigenvalue weighted by Gasteiger charge is -2.14. The summed E-state index contributed by atoms with van der Waals surface area (Å²) in [7, 11) is 1.55. The maximum absolute atomic E-state index is 12.5. The van der Waals surface area contributed by atoms with Gasteiger partial charge in [-0.05, 0) is 29.8 Å². The predicted octanol–water partition coefficient (Wildman–Crippen LogP) is 4.01. The van der Waals surface area contributed by atoms with E-state index in [0.717, 1.165) is 0 Å². The number of halogens is 3. The van der Waals surface area contributed by atoms with E-state index in [9.17, 15) is 18.3 Å².